The molecule has 7 heteroatoms. The van der Waals surface area contributed by atoms with E-state index in [9.17, 15) is 14.9 Å². The van der Waals surface area contributed by atoms with Gasteiger partial charge in [-0.1, -0.05) is 23.7 Å². The van der Waals surface area contributed by atoms with Gasteiger partial charge in [0.15, 0.2) is 5.76 Å². The Balaban J connectivity index is 1.83. The highest BCUT2D eigenvalue weighted by Crippen LogP contribution is 2.28. The summed E-state index contributed by atoms with van der Waals surface area (Å²) < 4.78 is 5.63. The zero-order valence-corrected chi connectivity index (χ0v) is 14.8. The second kappa shape index (κ2) is 7.01. The molecule has 0 atom stereocenters. The lowest BCUT2D eigenvalue weighted by Crippen LogP contribution is -2.11. The molecule has 0 unspecified atom stereocenters. The fourth-order valence-electron chi connectivity index (χ4n) is 2.42. The number of benzene rings is 2. The summed E-state index contributed by atoms with van der Waals surface area (Å²) in [6.07, 6.45) is 0. The molecule has 0 saturated heterocycles. The standard InChI is InChI=1S/C19H15ClN2O4/c1-11-3-4-13(9-12(11)2)17-7-8-18(26-17)19(23)21-16-10-14(22(24)25)5-6-15(16)20/h3-10H,1-2H3,(H,21,23). The van der Waals surface area contributed by atoms with Crippen LogP contribution in [0.3, 0.4) is 0 Å². The van der Waals surface area contributed by atoms with Crippen LogP contribution >= 0.6 is 11.6 Å². The monoisotopic (exact) mass is 370 g/mol. The first-order valence-corrected chi connectivity index (χ1v) is 8.15. The molecule has 6 nitrogen and oxygen atoms in total. The topological polar surface area (TPSA) is 85.4 Å². The first-order chi connectivity index (χ1) is 12.3. The highest BCUT2D eigenvalue weighted by Gasteiger charge is 2.16. The highest BCUT2D eigenvalue weighted by molar-refractivity contribution is 6.34. The van der Waals surface area contributed by atoms with Crippen molar-refractivity contribution < 1.29 is 14.1 Å². The molecule has 1 amide bonds. The molecule has 26 heavy (non-hydrogen) atoms. The highest BCUT2D eigenvalue weighted by atomic mass is 35.5. The lowest BCUT2D eigenvalue weighted by Gasteiger charge is -2.06. The maximum Gasteiger partial charge on any atom is 0.291 e. The van der Waals surface area contributed by atoms with E-state index in [0.29, 0.717) is 5.76 Å². The number of nitrogens with one attached hydrogen (secondary N) is 1. The molecule has 1 heterocycles. The molecule has 0 radical (unpaired) electrons. The van der Waals surface area contributed by atoms with E-state index in [4.69, 9.17) is 16.0 Å². The maximum atomic E-state index is 12.4. The maximum absolute atomic E-state index is 12.4. The Hall–Kier alpha value is -3.12. The van der Waals surface area contributed by atoms with Crippen molar-refractivity contribution in [3.05, 3.63) is 80.6 Å². The summed E-state index contributed by atoms with van der Waals surface area (Å²) >= 11 is 6.00. The van der Waals surface area contributed by atoms with E-state index in [1.54, 1.807) is 12.1 Å². The molecule has 1 N–H and O–H groups in total. The van der Waals surface area contributed by atoms with Crippen molar-refractivity contribution in [1.29, 1.82) is 0 Å². The van der Waals surface area contributed by atoms with E-state index in [0.717, 1.165) is 11.1 Å². The van der Waals surface area contributed by atoms with Crippen LogP contribution in [-0.4, -0.2) is 10.8 Å². The van der Waals surface area contributed by atoms with E-state index in [1.165, 1.54) is 23.8 Å². The number of rotatable bonds is 4. The minimum Gasteiger partial charge on any atom is -0.451 e. The molecular formula is C19H15ClN2O4. The van der Waals surface area contributed by atoms with E-state index in [2.05, 4.69) is 5.32 Å². The number of nitrogens with zero attached hydrogens (tertiary/aromatic N) is 1. The summed E-state index contributed by atoms with van der Waals surface area (Å²) in [6.45, 7) is 4.02. The molecule has 2 aromatic carbocycles. The number of nitro groups is 1. The van der Waals surface area contributed by atoms with Crippen LogP contribution in [0.5, 0.6) is 0 Å². The van der Waals surface area contributed by atoms with Gasteiger partial charge in [-0.15, -0.1) is 0 Å². The second-order valence-electron chi connectivity index (χ2n) is 5.84. The van der Waals surface area contributed by atoms with Gasteiger partial charge in [0.1, 0.15) is 5.76 Å². The zero-order chi connectivity index (χ0) is 18.8. The minimum atomic E-state index is -0.559. The Morgan fingerprint density at radius 3 is 2.54 bits per heavy atom. The Morgan fingerprint density at radius 2 is 1.85 bits per heavy atom. The molecule has 0 aliphatic carbocycles. The second-order valence-corrected chi connectivity index (χ2v) is 6.25. The van der Waals surface area contributed by atoms with Crippen molar-refractivity contribution in [2.45, 2.75) is 13.8 Å². The van der Waals surface area contributed by atoms with Crippen LogP contribution in [0, 0.1) is 24.0 Å². The third kappa shape index (κ3) is 3.60. The van der Waals surface area contributed by atoms with Gasteiger partial charge in [0.25, 0.3) is 11.6 Å². The lowest BCUT2D eigenvalue weighted by molar-refractivity contribution is -0.384. The Bertz CT molecular complexity index is 1010. The smallest absolute Gasteiger partial charge is 0.291 e. The van der Waals surface area contributed by atoms with Gasteiger partial charge in [0.05, 0.1) is 15.6 Å². The molecule has 0 aliphatic rings. The predicted molar refractivity (Wildman–Crippen MR) is 99.7 cm³/mol. The SMILES string of the molecule is Cc1ccc(-c2ccc(C(=O)Nc3cc([N+](=O)[O-])ccc3Cl)o2)cc1C. The first kappa shape index (κ1) is 17.7. The van der Waals surface area contributed by atoms with Gasteiger partial charge < -0.3 is 9.73 Å². The number of anilines is 1. The molecule has 3 aromatic rings. The number of amides is 1. The fourth-order valence-corrected chi connectivity index (χ4v) is 2.58. The van der Waals surface area contributed by atoms with Crippen LogP contribution in [0.1, 0.15) is 21.7 Å². The molecule has 0 aliphatic heterocycles. The Labute approximate surface area is 154 Å². The number of hydrogen-bond donors (Lipinski definition) is 1. The minimum absolute atomic E-state index is 0.0841. The largest absolute Gasteiger partial charge is 0.451 e. The van der Waals surface area contributed by atoms with Crippen molar-refractivity contribution in [1.82, 2.24) is 0 Å². The predicted octanol–water partition coefficient (Wildman–Crippen LogP) is 5.38. The third-order valence-electron chi connectivity index (χ3n) is 4.03. The van der Waals surface area contributed by atoms with Gasteiger partial charge in [-0.2, -0.15) is 0 Å². The number of furan rings is 1. The first-order valence-electron chi connectivity index (χ1n) is 7.78. The summed E-state index contributed by atoms with van der Waals surface area (Å²) in [5, 5.41) is 13.6. The number of carbonyl (C=O) groups excluding carboxylic acids is 1. The number of carbonyl (C=O) groups is 1. The van der Waals surface area contributed by atoms with E-state index in [1.807, 2.05) is 32.0 Å². The van der Waals surface area contributed by atoms with Crippen LogP contribution in [0.2, 0.25) is 5.02 Å². The third-order valence-corrected chi connectivity index (χ3v) is 4.36. The molecular weight excluding hydrogens is 356 g/mol. The Kier molecular flexibility index (Phi) is 4.77. The number of nitro benzene ring substituents is 1. The van der Waals surface area contributed by atoms with Crippen molar-refractivity contribution in [2.75, 3.05) is 5.32 Å². The number of hydrogen-bond acceptors (Lipinski definition) is 4. The molecule has 0 fully saturated rings. The quantitative estimate of drug-likeness (QED) is 0.493. The number of non-ortho nitro benzene ring substituents is 1. The molecule has 132 valence electrons. The molecule has 0 bridgehead atoms. The van der Waals surface area contributed by atoms with Crippen LogP contribution < -0.4 is 5.32 Å². The normalized spacial score (nSPS) is 10.6. The van der Waals surface area contributed by atoms with Crippen molar-refractivity contribution in [3.8, 4) is 11.3 Å². The van der Waals surface area contributed by atoms with Crippen molar-refractivity contribution in [3.63, 3.8) is 0 Å². The Morgan fingerprint density at radius 1 is 1.08 bits per heavy atom. The lowest BCUT2D eigenvalue weighted by atomic mass is 10.1. The number of halogens is 1. The van der Waals surface area contributed by atoms with E-state index in [-0.39, 0.29) is 22.2 Å². The van der Waals surface area contributed by atoms with Gasteiger partial charge >= 0.3 is 0 Å². The molecule has 0 spiro atoms. The number of aryl methyl sites for hydroxylation is 2. The fraction of sp³-hybridized carbons (Fsp3) is 0.105. The van der Waals surface area contributed by atoms with Crippen LogP contribution in [0.15, 0.2) is 52.9 Å². The van der Waals surface area contributed by atoms with Gasteiger partial charge in [-0.3, -0.25) is 14.9 Å². The summed E-state index contributed by atoms with van der Waals surface area (Å²) in [7, 11) is 0. The van der Waals surface area contributed by atoms with E-state index >= 15 is 0 Å². The average molecular weight is 371 g/mol. The molecule has 0 saturated carbocycles. The zero-order valence-electron chi connectivity index (χ0n) is 14.1. The summed E-state index contributed by atoms with van der Waals surface area (Å²) in [4.78, 5) is 22.7. The van der Waals surface area contributed by atoms with E-state index < -0.39 is 10.8 Å². The van der Waals surface area contributed by atoms with Gasteiger partial charge in [0.2, 0.25) is 0 Å². The summed E-state index contributed by atoms with van der Waals surface area (Å²) in [5.74, 6) is 0.103. The summed E-state index contributed by atoms with van der Waals surface area (Å²) in [5.41, 5.74) is 3.13. The van der Waals surface area contributed by atoms with Gasteiger partial charge in [-0.05, 0) is 49.2 Å². The van der Waals surface area contributed by atoms with Crippen LogP contribution in [-0.2, 0) is 0 Å². The van der Waals surface area contributed by atoms with Gasteiger partial charge in [-0.25, -0.2) is 0 Å². The molecule has 1 aromatic heterocycles. The van der Waals surface area contributed by atoms with Crippen LogP contribution in [0.25, 0.3) is 11.3 Å². The van der Waals surface area contributed by atoms with Crippen molar-refractivity contribution in [2.24, 2.45) is 0 Å². The van der Waals surface area contributed by atoms with Crippen LogP contribution in [0.4, 0.5) is 11.4 Å². The summed E-state index contributed by atoms with van der Waals surface area (Å²) in [6, 6.07) is 13.0. The average Bonchev–Trinajstić information content (AvgIpc) is 3.09. The van der Waals surface area contributed by atoms with Crippen molar-refractivity contribution >= 4 is 28.9 Å². The van der Waals surface area contributed by atoms with Gasteiger partial charge in [0, 0.05) is 17.7 Å². The molecule has 3 rings (SSSR count).